The van der Waals surface area contributed by atoms with Crippen LogP contribution in [-0.4, -0.2) is 24.1 Å². The van der Waals surface area contributed by atoms with Gasteiger partial charge in [0.15, 0.2) is 0 Å². The van der Waals surface area contributed by atoms with Crippen molar-refractivity contribution in [3.8, 4) is 23.0 Å². The lowest BCUT2D eigenvalue weighted by molar-refractivity contribution is -0.136. The molecule has 2 aliphatic heterocycles. The van der Waals surface area contributed by atoms with Gasteiger partial charge in [-0.25, -0.2) is 9.59 Å². The van der Waals surface area contributed by atoms with Crippen LogP contribution in [0.5, 0.6) is 23.0 Å². The van der Waals surface area contributed by atoms with Crippen LogP contribution < -0.4 is 29.6 Å². The summed E-state index contributed by atoms with van der Waals surface area (Å²) in [5, 5.41) is 5.24. The van der Waals surface area contributed by atoms with Gasteiger partial charge in [0.25, 0.3) is 0 Å². The van der Waals surface area contributed by atoms with Crippen LogP contribution in [0.1, 0.15) is 29.5 Å². The Morgan fingerprint density at radius 1 is 0.703 bits per heavy atom. The Kier molecular flexibility index (Phi) is 6.46. The number of carbonyl (C=O) groups is 4. The molecule has 2 amide bonds. The molecule has 0 aliphatic carbocycles. The van der Waals surface area contributed by atoms with Gasteiger partial charge >= 0.3 is 24.1 Å². The zero-order valence-corrected chi connectivity index (χ0v) is 19.8. The Hall–Kier alpha value is -4.86. The molecule has 0 saturated carbocycles. The van der Waals surface area contributed by atoms with E-state index in [2.05, 4.69) is 10.6 Å². The first kappa shape index (κ1) is 23.9. The van der Waals surface area contributed by atoms with Crippen molar-refractivity contribution in [1.29, 1.82) is 0 Å². The average molecular weight is 502 g/mol. The number of fused-ring (bicyclic) bond motifs is 2. The molecule has 0 radical (unpaired) electrons. The number of carbonyl (C=O) groups excluding carboxylic acids is 4. The Balaban J connectivity index is 1.21. The molecule has 10 nitrogen and oxygen atoms in total. The molecular formula is C27H22N2O8. The van der Waals surface area contributed by atoms with Gasteiger partial charge in [0.05, 0.1) is 12.8 Å². The summed E-state index contributed by atoms with van der Waals surface area (Å²) >= 11 is 0. The van der Waals surface area contributed by atoms with Crippen molar-refractivity contribution in [3.05, 3.63) is 71.3 Å². The van der Waals surface area contributed by atoms with Crippen molar-refractivity contribution >= 4 is 35.5 Å². The van der Waals surface area contributed by atoms with Crippen LogP contribution in [0.25, 0.3) is 0 Å². The van der Waals surface area contributed by atoms with Crippen molar-refractivity contribution in [2.24, 2.45) is 0 Å². The van der Waals surface area contributed by atoms with Crippen molar-refractivity contribution in [2.75, 3.05) is 10.6 Å². The van der Waals surface area contributed by atoms with Gasteiger partial charge < -0.3 is 18.9 Å². The largest absolute Gasteiger partial charge is 0.426 e. The van der Waals surface area contributed by atoms with Gasteiger partial charge in [-0.05, 0) is 60.7 Å². The van der Waals surface area contributed by atoms with Crippen LogP contribution >= 0.6 is 0 Å². The molecular weight excluding hydrogens is 480 g/mol. The monoisotopic (exact) mass is 502 g/mol. The number of ether oxygens (including phenoxy) is 4. The SMILES string of the molecule is Cc1ccc(NC(=O)Oc2ccc3c(c2)OC(=O)CC3)cc1NC(=O)Oc1ccc2c(c1)OC(=O)CC2. The van der Waals surface area contributed by atoms with Gasteiger partial charge in [-0.3, -0.25) is 20.2 Å². The third-order valence-corrected chi connectivity index (χ3v) is 5.86. The molecule has 0 spiro atoms. The summed E-state index contributed by atoms with van der Waals surface area (Å²) < 4.78 is 21.0. The van der Waals surface area contributed by atoms with E-state index in [1.54, 1.807) is 49.4 Å². The number of esters is 2. The highest BCUT2D eigenvalue weighted by Crippen LogP contribution is 2.31. The van der Waals surface area contributed by atoms with Gasteiger partial charge in [0, 0.05) is 23.5 Å². The minimum Gasteiger partial charge on any atom is -0.426 e. The fraction of sp³-hybridized carbons (Fsp3) is 0.185. The van der Waals surface area contributed by atoms with Crippen LogP contribution in [0.4, 0.5) is 21.0 Å². The minimum atomic E-state index is -0.761. The Morgan fingerprint density at radius 2 is 1.24 bits per heavy atom. The van der Waals surface area contributed by atoms with E-state index in [9.17, 15) is 19.2 Å². The van der Waals surface area contributed by atoms with Gasteiger partial charge in [-0.1, -0.05) is 18.2 Å². The number of aryl methyl sites for hydroxylation is 3. The molecule has 188 valence electrons. The van der Waals surface area contributed by atoms with Gasteiger partial charge in [0.1, 0.15) is 23.0 Å². The molecule has 0 atom stereocenters. The number of nitrogens with one attached hydrogen (secondary N) is 2. The maximum absolute atomic E-state index is 12.5. The first-order valence-corrected chi connectivity index (χ1v) is 11.6. The normalized spacial score (nSPS) is 13.9. The Morgan fingerprint density at radius 3 is 1.81 bits per heavy atom. The number of hydrogen-bond acceptors (Lipinski definition) is 8. The number of benzene rings is 3. The summed E-state index contributed by atoms with van der Waals surface area (Å²) in [5.74, 6) is 0.524. The van der Waals surface area contributed by atoms with E-state index < -0.39 is 12.2 Å². The van der Waals surface area contributed by atoms with Crippen LogP contribution in [0.2, 0.25) is 0 Å². The minimum absolute atomic E-state index is 0.218. The van der Waals surface area contributed by atoms with Crippen molar-refractivity contribution in [1.82, 2.24) is 0 Å². The third-order valence-electron chi connectivity index (χ3n) is 5.86. The molecule has 2 aliphatic rings. The molecule has 2 heterocycles. The summed E-state index contributed by atoms with van der Waals surface area (Å²) in [5.41, 5.74) is 3.24. The van der Waals surface area contributed by atoms with E-state index in [1.165, 1.54) is 12.1 Å². The third kappa shape index (κ3) is 5.69. The number of amides is 2. The highest BCUT2D eigenvalue weighted by molar-refractivity contribution is 5.91. The van der Waals surface area contributed by atoms with E-state index in [1.807, 2.05) is 0 Å². The van der Waals surface area contributed by atoms with Gasteiger partial charge in [0.2, 0.25) is 0 Å². The van der Waals surface area contributed by atoms with E-state index in [4.69, 9.17) is 18.9 Å². The van der Waals surface area contributed by atoms with Crippen molar-refractivity contribution in [3.63, 3.8) is 0 Å². The molecule has 0 fully saturated rings. The smallest absolute Gasteiger partial charge is 0.417 e. The van der Waals surface area contributed by atoms with E-state index >= 15 is 0 Å². The van der Waals surface area contributed by atoms with E-state index in [-0.39, 0.29) is 23.4 Å². The summed E-state index contributed by atoms with van der Waals surface area (Å²) in [6.45, 7) is 1.78. The molecule has 0 bridgehead atoms. The number of hydrogen-bond donors (Lipinski definition) is 2. The first-order chi connectivity index (χ1) is 17.8. The zero-order valence-electron chi connectivity index (χ0n) is 19.8. The Bertz CT molecular complexity index is 1430. The molecule has 0 saturated heterocycles. The zero-order chi connectivity index (χ0) is 25.9. The van der Waals surface area contributed by atoms with Crippen molar-refractivity contribution < 1.29 is 38.1 Å². The predicted octanol–water partition coefficient (Wildman–Crippen LogP) is 4.92. The summed E-state index contributed by atoms with van der Waals surface area (Å²) in [7, 11) is 0. The van der Waals surface area contributed by atoms with Crippen LogP contribution in [0.3, 0.4) is 0 Å². The molecule has 3 aromatic rings. The second kappa shape index (κ2) is 10.0. The molecule has 5 rings (SSSR count). The molecule has 2 N–H and O–H groups in total. The average Bonchev–Trinajstić information content (AvgIpc) is 2.85. The standard InChI is InChI=1S/C27H22N2O8/c1-15-2-7-18(28-26(32)34-19-8-3-16-5-10-24(30)36-22(16)13-19)12-21(15)29-27(33)35-20-9-4-17-6-11-25(31)37-23(17)14-20/h2-4,7-9,12-14H,5-6,10-11H2,1H3,(H,28,32)(H,29,33). The van der Waals surface area contributed by atoms with Crippen LogP contribution in [-0.2, 0) is 22.4 Å². The van der Waals surface area contributed by atoms with E-state index in [0.717, 1.165) is 16.7 Å². The maximum Gasteiger partial charge on any atom is 0.417 e. The number of rotatable bonds is 4. The van der Waals surface area contributed by atoms with Gasteiger partial charge in [-0.15, -0.1) is 0 Å². The molecule has 0 unspecified atom stereocenters. The summed E-state index contributed by atoms with van der Waals surface area (Å²) in [6.07, 6.45) is 0.252. The fourth-order valence-corrected chi connectivity index (χ4v) is 3.95. The topological polar surface area (TPSA) is 129 Å². The lowest BCUT2D eigenvalue weighted by Gasteiger charge is -2.17. The second-order valence-electron chi connectivity index (χ2n) is 8.55. The van der Waals surface area contributed by atoms with Gasteiger partial charge in [-0.2, -0.15) is 0 Å². The lowest BCUT2D eigenvalue weighted by Crippen LogP contribution is -2.20. The Labute approximate surface area is 211 Å². The highest BCUT2D eigenvalue weighted by Gasteiger charge is 2.20. The lowest BCUT2D eigenvalue weighted by atomic mass is 10.1. The predicted molar refractivity (Wildman–Crippen MR) is 131 cm³/mol. The summed E-state index contributed by atoms with van der Waals surface area (Å²) in [4.78, 5) is 47.9. The molecule has 10 heteroatoms. The fourth-order valence-electron chi connectivity index (χ4n) is 3.95. The quantitative estimate of drug-likeness (QED) is 0.380. The number of anilines is 2. The van der Waals surface area contributed by atoms with Crippen LogP contribution in [0.15, 0.2) is 54.6 Å². The molecule has 0 aromatic heterocycles. The van der Waals surface area contributed by atoms with E-state index in [0.29, 0.717) is 48.6 Å². The second-order valence-corrected chi connectivity index (χ2v) is 8.55. The highest BCUT2D eigenvalue weighted by atomic mass is 16.6. The van der Waals surface area contributed by atoms with Crippen molar-refractivity contribution in [2.45, 2.75) is 32.6 Å². The summed E-state index contributed by atoms with van der Waals surface area (Å²) in [6, 6.07) is 14.6. The first-order valence-electron chi connectivity index (χ1n) is 11.6. The maximum atomic E-state index is 12.5. The molecule has 3 aromatic carbocycles. The van der Waals surface area contributed by atoms with Crippen LogP contribution in [0, 0.1) is 6.92 Å². The molecule has 37 heavy (non-hydrogen) atoms.